The number of fused-ring (bicyclic) bond motifs is 3. The zero-order valence-corrected chi connectivity index (χ0v) is 13.5. The highest BCUT2D eigenvalue weighted by Gasteiger charge is 2.23. The number of aromatic nitrogens is 3. The molecule has 0 aliphatic rings. The van der Waals surface area contributed by atoms with Crippen LogP contribution in [0.3, 0.4) is 0 Å². The van der Waals surface area contributed by atoms with Gasteiger partial charge in [0.05, 0.1) is 11.8 Å². The molecule has 7 nitrogen and oxygen atoms in total. The standard InChI is InChI=1S/C16H20N4O3/c1-4-7-17-15(21)11(5-2)20-16(22)13-9-14-12(6-8-23-14)19(13)10(3)18-20/h6,8-9,11H,4-5,7H2,1-3H3,(H,17,21). The Labute approximate surface area is 132 Å². The van der Waals surface area contributed by atoms with E-state index >= 15 is 0 Å². The summed E-state index contributed by atoms with van der Waals surface area (Å²) in [6.45, 7) is 6.25. The first kappa shape index (κ1) is 15.3. The Kier molecular flexibility index (Phi) is 3.94. The molecular weight excluding hydrogens is 296 g/mol. The second-order valence-corrected chi connectivity index (χ2v) is 5.55. The smallest absolute Gasteiger partial charge is 0.291 e. The zero-order chi connectivity index (χ0) is 16.6. The van der Waals surface area contributed by atoms with E-state index in [2.05, 4.69) is 10.4 Å². The summed E-state index contributed by atoms with van der Waals surface area (Å²) in [4.78, 5) is 25.1. The van der Waals surface area contributed by atoms with E-state index in [1.165, 1.54) is 4.68 Å². The predicted molar refractivity (Wildman–Crippen MR) is 86.6 cm³/mol. The molecule has 0 bridgehead atoms. The molecule has 0 saturated carbocycles. The monoisotopic (exact) mass is 316 g/mol. The van der Waals surface area contributed by atoms with Crippen LogP contribution in [-0.2, 0) is 4.79 Å². The van der Waals surface area contributed by atoms with Gasteiger partial charge in [-0.1, -0.05) is 13.8 Å². The van der Waals surface area contributed by atoms with Gasteiger partial charge in [0.2, 0.25) is 5.91 Å². The van der Waals surface area contributed by atoms with Crippen LogP contribution in [0.5, 0.6) is 0 Å². The van der Waals surface area contributed by atoms with E-state index < -0.39 is 6.04 Å². The van der Waals surface area contributed by atoms with Crippen molar-refractivity contribution in [3.05, 3.63) is 34.6 Å². The molecule has 3 rings (SSSR count). The molecule has 122 valence electrons. The lowest BCUT2D eigenvalue weighted by molar-refractivity contribution is -0.124. The number of aryl methyl sites for hydroxylation is 1. The first-order chi connectivity index (χ1) is 11.1. The quantitative estimate of drug-likeness (QED) is 0.781. The maximum Gasteiger partial charge on any atom is 0.291 e. The highest BCUT2D eigenvalue weighted by atomic mass is 16.3. The summed E-state index contributed by atoms with van der Waals surface area (Å²) in [5, 5.41) is 7.20. The summed E-state index contributed by atoms with van der Waals surface area (Å²) in [5.41, 5.74) is 1.61. The lowest BCUT2D eigenvalue weighted by atomic mass is 10.2. The number of hydrogen-bond donors (Lipinski definition) is 1. The number of nitrogens with one attached hydrogen (secondary N) is 1. The summed E-state index contributed by atoms with van der Waals surface area (Å²) in [5.74, 6) is 0.459. The van der Waals surface area contributed by atoms with E-state index in [1.54, 1.807) is 22.8 Å². The predicted octanol–water partition coefficient (Wildman–Crippen LogP) is 2.03. The molecule has 0 fully saturated rings. The van der Waals surface area contributed by atoms with Crippen LogP contribution in [-0.4, -0.2) is 26.6 Å². The second-order valence-electron chi connectivity index (χ2n) is 5.55. The van der Waals surface area contributed by atoms with E-state index in [0.717, 1.165) is 11.9 Å². The Hall–Kier alpha value is -2.57. The third-order valence-corrected chi connectivity index (χ3v) is 3.96. The molecule has 1 N–H and O–H groups in total. The van der Waals surface area contributed by atoms with Crippen molar-refractivity contribution in [1.82, 2.24) is 19.5 Å². The topological polar surface area (TPSA) is 81.5 Å². The van der Waals surface area contributed by atoms with Gasteiger partial charge in [-0.05, 0) is 19.8 Å². The maximum absolute atomic E-state index is 12.8. The molecule has 1 unspecified atom stereocenters. The molecule has 0 radical (unpaired) electrons. The average molecular weight is 316 g/mol. The molecule has 1 amide bonds. The molecule has 0 aliphatic carbocycles. The normalized spacial score (nSPS) is 12.8. The van der Waals surface area contributed by atoms with Gasteiger partial charge >= 0.3 is 0 Å². The third-order valence-electron chi connectivity index (χ3n) is 3.96. The Morgan fingerprint density at radius 3 is 2.87 bits per heavy atom. The summed E-state index contributed by atoms with van der Waals surface area (Å²) < 4.78 is 8.41. The molecule has 3 heterocycles. The Morgan fingerprint density at radius 1 is 1.39 bits per heavy atom. The van der Waals surface area contributed by atoms with Crippen molar-refractivity contribution in [3.8, 4) is 0 Å². The van der Waals surface area contributed by atoms with E-state index in [0.29, 0.717) is 29.9 Å². The van der Waals surface area contributed by atoms with Gasteiger partial charge in [0.15, 0.2) is 5.58 Å². The Morgan fingerprint density at radius 2 is 2.17 bits per heavy atom. The Balaban J connectivity index is 2.15. The SMILES string of the molecule is CCCNC(=O)C(CC)n1nc(C)n2c(cc3occc32)c1=O. The van der Waals surface area contributed by atoms with Crippen LogP contribution < -0.4 is 10.9 Å². The summed E-state index contributed by atoms with van der Waals surface area (Å²) in [6.07, 6.45) is 2.92. The van der Waals surface area contributed by atoms with Crippen molar-refractivity contribution in [2.75, 3.05) is 6.54 Å². The van der Waals surface area contributed by atoms with Gasteiger partial charge in [-0.15, -0.1) is 0 Å². The fourth-order valence-corrected chi connectivity index (χ4v) is 2.84. The fraction of sp³-hybridized carbons (Fsp3) is 0.438. The van der Waals surface area contributed by atoms with Gasteiger partial charge in [0.1, 0.15) is 17.4 Å². The van der Waals surface area contributed by atoms with Crippen molar-refractivity contribution in [1.29, 1.82) is 0 Å². The van der Waals surface area contributed by atoms with Gasteiger partial charge in [-0.25, -0.2) is 4.68 Å². The average Bonchev–Trinajstić information content (AvgIpc) is 3.11. The van der Waals surface area contributed by atoms with Crippen molar-refractivity contribution < 1.29 is 9.21 Å². The van der Waals surface area contributed by atoms with E-state index in [-0.39, 0.29) is 11.5 Å². The van der Waals surface area contributed by atoms with Crippen molar-refractivity contribution in [3.63, 3.8) is 0 Å². The van der Waals surface area contributed by atoms with E-state index in [1.807, 2.05) is 20.8 Å². The number of furan rings is 1. The molecule has 0 aliphatic heterocycles. The molecule has 7 heteroatoms. The minimum atomic E-state index is -0.612. The summed E-state index contributed by atoms with van der Waals surface area (Å²) in [6, 6.07) is 2.88. The van der Waals surface area contributed by atoms with Crippen LogP contribution in [0.25, 0.3) is 16.6 Å². The van der Waals surface area contributed by atoms with Crippen LogP contribution in [0.4, 0.5) is 0 Å². The third kappa shape index (κ3) is 2.42. The molecule has 0 spiro atoms. The van der Waals surface area contributed by atoms with Gasteiger partial charge in [-0.2, -0.15) is 5.10 Å². The van der Waals surface area contributed by atoms with E-state index in [9.17, 15) is 9.59 Å². The summed E-state index contributed by atoms with van der Waals surface area (Å²) in [7, 11) is 0. The van der Waals surface area contributed by atoms with Crippen LogP contribution in [0, 0.1) is 6.92 Å². The largest absolute Gasteiger partial charge is 0.463 e. The lowest BCUT2D eigenvalue weighted by Gasteiger charge is -2.17. The molecule has 1 atom stereocenters. The number of nitrogens with zero attached hydrogens (tertiary/aromatic N) is 3. The van der Waals surface area contributed by atoms with Crippen molar-refractivity contribution in [2.45, 2.75) is 39.7 Å². The van der Waals surface area contributed by atoms with Gasteiger partial charge in [0, 0.05) is 18.7 Å². The number of carbonyl (C=O) groups is 1. The number of hydrogen-bond acceptors (Lipinski definition) is 4. The highest BCUT2D eigenvalue weighted by molar-refractivity contribution is 5.83. The van der Waals surface area contributed by atoms with E-state index in [4.69, 9.17) is 4.42 Å². The number of amides is 1. The van der Waals surface area contributed by atoms with Gasteiger partial charge in [0.25, 0.3) is 5.56 Å². The van der Waals surface area contributed by atoms with Crippen LogP contribution >= 0.6 is 0 Å². The minimum Gasteiger partial charge on any atom is -0.463 e. The van der Waals surface area contributed by atoms with Crippen molar-refractivity contribution >= 4 is 22.5 Å². The van der Waals surface area contributed by atoms with Crippen molar-refractivity contribution in [2.24, 2.45) is 0 Å². The first-order valence-corrected chi connectivity index (χ1v) is 7.84. The molecule has 0 aromatic carbocycles. The van der Waals surface area contributed by atoms with Crippen LogP contribution in [0.1, 0.15) is 38.6 Å². The number of rotatable bonds is 5. The van der Waals surface area contributed by atoms with Crippen LogP contribution in [0.2, 0.25) is 0 Å². The fourth-order valence-electron chi connectivity index (χ4n) is 2.84. The highest BCUT2D eigenvalue weighted by Crippen LogP contribution is 2.20. The summed E-state index contributed by atoms with van der Waals surface area (Å²) >= 11 is 0. The van der Waals surface area contributed by atoms with Crippen LogP contribution in [0.15, 0.2) is 27.6 Å². The molecule has 23 heavy (non-hydrogen) atoms. The van der Waals surface area contributed by atoms with Gasteiger partial charge < -0.3 is 9.73 Å². The molecular formula is C16H20N4O3. The zero-order valence-electron chi connectivity index (χ0n) is 13.5. The second kappa shape index (κ2) is 5.91. The minimum absolute atomic E-state index is 0.178. The van der Waals surface area contributed by atoms with Gasteiger partial charge in [-0.3, -0.25) is 14.0 Å². The number of carbonyl (C=O) groups excluding carboxylic acids is 1. The first-order valence-electron chi connectivity index (χ1n) is 7.84. The molecule has 3 aromatic rings. The molecule has 0 saturated heterocycles. The lowest BCUT2D eigenvalue weighted by Crippen LogP contribution is -2.39. The molecule has 3 aromatic heterocycles. The Bertz CT molecular complexity index is 919. The maximum atomic E-state index is 12.8.